The monoisotopic (exact) mass is 380 g/mol. The average Bonchev–Trinajstić information content (AvgIpc) is 3.29. The van der Waals surface area contributed by atoms with E-state index in [-0.39, 0.29) is 5.91 Å². The van der Waals surface area contributed by atoms with E-state index in [1.165, 1.54) is 16.0 Å². The number of nitrogens with zero attached hydrogens (tertiary/aromatic N) is 3. The van der Waals surface area contributed by atoms with Crippen molar-refractivity contribution in [2.24, 2.45) is 0 Å². The number of nitrogens with one attached hydrogen (secondary N) is 1. The van der Waals surface area contributed by atoms with Crippen LogP contribution in [0.25, 0.3) is 21.6 Å². The van der Waals surface area contributed by atoms with Crippen LogP contribution >= 0.6 is 22.7 Å². The minimum atomic E-state index is -0.0203. The first-order valence-electron chi connectivity index (χ1n) is 8.29. The van der Waals surface area contributed by atoms with E-state index in [0.717, 1.165) is 34.8 Å². The molecule has 0 saturated carbocycles. The summed E-state index contributed by atoms with van der Waals surface area (Å²) < 4.78 is 1.19. The summed E-state index contributed by atoms with van der Waals surface area (Å²) in [5, 5.41) is 6.45. The molecule has 0 atom stereocenters. The highest BCUT2D eigenvalue weighted by Gasteiger charge is 2.09. The van der Waals surface area contributed by atoms with Crippen molar-refractivity contribution in [2.45, 2.75) is 19.3 Å². The van der Waals surface area contributed by atoms with E-state index in [4.69, 9.17) is 0 Å². The molecule has 5 nitrogen and oxygen atoms in total. The molecule has 0 spiro atoms. The number of pyridine rings is 1. The first kappa shape index (κ1) is 16.8. The van der Waals surface area contributed by atoms with Crippen LogP contribution in [-0.2, 0) is 11.2 Å². The van der Waals surface area contributed by atoms with Gasteiger partial charge in [0.2, 0.25) is 5.91 Å². The number of amides is 1. The van der Waals surface area contributed by atoms with Crippen molar-refractivity contribution in [2.75, 3.05) is 5.32 Å². The molecule has 7 heteroatoms. The lowest BCUT2D eigenvalue weighted by atomic mass is 10.2. The van der Waals surface area contributed by atoms with Gasteiger partial charge < -0.3 is 5.32 Å². The molecule has 26 heavy (non-hydrogen) atoms. The number of thiazole rings is 2. The number of hydrogen-bond acceptors (Lipinski definition) is 6. The maximum absolute atomic E-state index is 12.1. The Bertz CT molecular complexity index is 993. The Hall–Kier alpha value is -2.64. The van der Waals surface area contributed by atoms with E-state index in [1.54, 1.807) is 17.5 Å². The van der Waals surface area contributed by atoms with Crippen LogP contribution in [-0.4, -0.2) is 20.9 Å². The Kier molecular flexibility index (Phi) is 4.99. The largest absolute Gasteiger partial charge is 0.302 e. The molecule has 0 saturated heterocycles. The molecule has 0 aliphatic rings. The van der Waals surface area contributed by atoms with Gasteiger partial charge in [-0.1, -0.05) is 18.2 Å². The SMILES string of the molecule is O=C(CCCc1nc2ccccc2s1)Nc1nc(-c2ccccn2)cs1. The zero-order valence-corrected chi connectivity index (χ0v) is 15.5. The molecule has 3 heterocycles. The summed E-state index contributed by atoms with van der Waals surface area (Å²) in [6.45, 7) is 0. The van der Waals surface area contributed by atoms with Crippen molar-refractivity contribution in [3.05, 3.63) is 59.0 Å². The summed E-state index contributed by atoms with van der Waals surface area (Å²) in [5.41, 5.74) is 2.61. The van der Waals surface area contributed by atoms with Gasteiger partial charge in [0.25, 0.3) is 0 Å². The minimum absolute atomic E-state index is 0.0203. The first-order valence-corrected chi connectivity index (χ1v) is 9.99. The average molecular weight is 380 g/mol. The number of carbonyl (C=O) groups is 1. The van der Waals surface area contributed by atoms with Gasteiger partial charge in [0.15, 0.2) is 5.13 Å². The summed E-state index contributed by atoms with van der Waals surface area (Å²) in [7, 11) is 0. The third-order valence-electron chi connectivity index (χ3n) is 3.81. The minimum Gasteiger partial charge on any atom is -0.302 e. The topological polar surface area (TPSA) is 67.8 Å². The predicted octanol–water partition coefficient (Wildman–Crippen LogP) is 4.78. The van der Waals surface area contributed by atoms with Crippen molar-refractivity contribution in [1.29, 1.82) is 0 Å². The van der Waals surface area contributed by atoms with Crippen LogP contribution in [0.4, 0.5) is 5.13 Å². The lowest BCUT2D eigenvalue weighted by Gasteiger charge is -2.00. The van der Waals surface area contributed by atoms with Gasteiger partial charge >= 0.3 is 0 Å². The number of benzene rings is 1. The Morgan fingerprint density at radius 1 is 1.04 bits per heavy atom. The van der Waals surface area contributed by atoms with Gasteiger partial charge in [-0.05, 0) is 37.1 Å². The van der Waals surface area contributed by atoms with Crippen LogP contribution in [0.1, 0.15) is 17.8 Å². The van der Waals surface area contributed by atoms with E-state index in [0.29, 0.717) is 11.6 Å². The summed E-state index contributed by atoms with van der Waals surface area (Å²) >= 11 is 3.11. The summed E-state index contributed by atoms with van der Waals surface area (Å²) in [6.07, 6.45) is 3.76. The fourth-order valence-electron chi connectivity index (χ4n) is 2.57. The zero-order chi connectivity index (χ0) is 17.8. The molecule has 1 amide bonds. The normalized spacial score (nSPS) is 10.9. The highest BCUT2D eigenvalue weighted by molar-refractivity contribution is 7.18. The fraction of sp³-hybridized carbons (Fsp3) is 0.158. The molecule has 0 unspecified atom stereocenters. The van der Waals surface area contributed by atoms with Crippen LogP contribution in [0, 0.1) is 0 Å². The molecule has 0 bridgehead atoms. The number of hydrogen-bond donors (Lipinski definition) is 1. The maximum atomic E-state index is 12.1. The second-order valence-electron chi connectivity index (χ2n) is 5.73. The van der Waals surface area contributed by atoms with Crippen molar-refractivity contribution in [1.82, 2.24) is 15.0 Å². The Morgan fingerprint density at radius 3 is 2.77 bits per heavy atom. The van der Waals surface area contributed by atoms with Crippen molar-refractivity contribution in [3.63, 3.8) is 0 Å². The van der Waals surface area contributed by atoms with Crippen molar-refractivity contribution in [3.8, 4) is 11.4 Å². The molecule has 0 aliphatic heterocycles. The van der Waals surface area contributed by atoms with Gasteiger partial charge in [-0.15, -0.1) is 22.7 Å². The highest BCUT2D eigenvalue weighted by Crippen LogP contribution is 2.24. The number of rotatable bonds is 6. The second-order valence-corrected chi connectivity index (χ2v) is 7.70. The van der Waals surface area contributed by atoms with Crippen molar-refractivity contribution >= 4 is 43.9 Å². The van der Waals surface area contributed by atoms with Crippen molar-refractivity contribution < 1.29 is 4.79 Å². The Balaban J connectivity index is 1.29. The quantitative estimate of drug-likeness (QED) is 0.523. The molecule has 0 aliphatic carbocycles. The Labute approximate surface area is 158 Å². The molecule has 3 aromatic heterocycles. The van der Waals surface area contributed by atoms with Gasteiger partial charge in [0.05, 0.1) is 20.9 Å². The molecule has 0 radical (unpaired) electrons. The van der Waals surface area contributed by atoms with E-state index >= 15 is 0 Å². The number of para-hydroxylation sites is 1. The van der Waals surface area contributed by atoms with Crippen LogP contribution in [0.15, 0.2) is 54.0 Å². The number of aromatic nitrogens is 3. The van der Waals surface area contributed by atoms with E-state index < -0.39 is 0 Å². The maximum Gasteiger partial charge on any atom is 0.226 e. The molecule has 4 aromatic rings. The lowest BCUT2D eigenvalue weighted by Crippen LogP contribution is -2.11. The molecule has 130 valence electrons. The van der Waals surface area contributed by atoms with Crippen LogP contribution < -0.4 is 5.32 Å². The number of carbonyl (C=O) groups excluding carboxylic acids is 1. The van der Waals surface area contributed by atoms with Gasteiger partial charge in [-0.2, -0.15) is 0 Å². The van der Waals surface area contributed by atoms with E-state index in [2.05, 4.69) is 26.3 Å². The third-order valence-corrected chi connectivity index (χ3v) is 5.66. The standard InChI is InChI=1S/C19H16N4OS2/c24-17(9-5-10-18-21-14-7-1-2-8-16(14)26-18)23-19-22-15(12-25-19)13-6-3-4-11-20-13/h1-4,6-8,11-12H,5,9-10H2,(H,22,23,24). The zero-order valence-electron chi connectivity index (χ0n) is 13.9. The molecule has 1 aromatic carbocycles. The van der Waals surface area contributed by atoms with Gasteiger partial charge in [-0.25, -0.2) is 9.97 Å². The molecular weight excluding hydrogens is 364 g/mol. The van der Waals surface area contributed by atoms with Gasteiger partial charge in [0, 0.05) is 18.0 Å². The summed E-state index contributed by atoms with van der Waals surface area (Å²) in [5.74, 6) is -0.0203. The predicted molar refractivity (Wildman–Crippen MR) is 107 cm³/mol. The number of aryl methyl sites for hydroxylation is 1. The molecule has 0 fully saturated rings. The van der Waals surface area contributed by atoms with Crippen LogP contribution in [0.2, 0.25) is 0 Å². The summed E-state index contributed by atoms with van der Waals surface area (Å²) in [6, 6.07) is 13.8. The van der Waals surface area contributed by atoms with Gasteiger partial charge in [-0.3, -0.25) is 9.78 Å². The molecular formula is C19H16N4OS2. The van der Waals surface area contributed by atoms with E-state index in [1.807, 2.05) is 41.8 Å². The number of anilines is 1. The van der Waals surface area contributed by atoms with E-state index in [9.17, 15) is 4.79 Å². The van der Waals surface area contributed by atoms with Crippen LogP contribution in [0.3, 0.4) is 0 Å². The molecule has 4 rings (SSSR count). The smallest absolute Gasteiger partial charge is 0.226 e. The number of fused-ring (bicyclic) bond motifs is 1. The lowest BCUT2D eigenvalue weighted by molar-refractivity contribution is -0.116. The van der Waals surface area contributed by atoms with Crippen LogP contribution in [0.5, 0.6) is 0 Å². The third kappa shape index (κ3) is 3.95. The highest BCUT2D eigenvalue weighted by atomic mass is 32.1. The first-order chi connectivity index (χ1) is 12.8. The Morgan fingerprint density at radius 2 is 1.92 bits per heavy atom. The summed E-state index contributed by atoms with van der Waals surface area (Å²) in [4.78, 5) is 25.4. The second kappa shape index (κ2) is 7.72. The molecule has 1 N–H and O–H groups in total. The fourth-order valence-corrected chi connectivity index (χ4v) is 4.30. The van der Waals surface area contributed by atoms with Gasteiger partial charge in [0.1, 0.15) is 5.69 Å².